The Kier molecular flexibility index (Phi) is 5.22. The molecule has 2 aromatic carbocycles. The lowest BCUT2D eigenvalue weighted by atomic mass is 9.69. The second kappa shape index (κ2) is 7.84. The summed E-state index contributed by atoms with van der Waals surface area (Å²) in [6.45, 7) is -0.478. The first-order chi connectivity index (χ1) is 14.4. The molecular formula is C22H18F3N3O2. The summed E-state index contributed by atoms with van der Waals surface area (Å²) in [6.07, 6.45) is 0.851. The molecule has 1 amide bonds. The van der Waals surface area contributed by atoms with Gasteiger partial charge in [-0.25, -0.2) is 13.2 Å². The zero-order valence-electron chi connectivity index (χ0n) is 15.8. The van der Waals surface area contributed by atoms with Gasteiger partial charge >= 0.3 is 0 Å². The summed E-state index contributed by atoms with van der Waals surface area (Å²) in [6, 6.07) is 8.56. The fourth-order valence-electron chi connectivity index (χ4n) is 3.98. The second-order valence-corrected chi connectivity index (χ2v) is 7.47. The van der Waals surface area contributed by atoms with Crippen LogP contribution >= 0.6 is 0 Å². The van der Waals surface area contributed by atoms with E-state index in [1.807, 2.05) is 0 Å². The number of halogens is 3. The van der Waals surface area contributed by atoms with E-state index >= 15 is 0 Å². The maximum absolute atomic E-state index is 14.4. The average Bonchev–Trinajstić information content (AvgIpc) is 3.05. The summed E-state index contributed by atoms with van der Waals surface area (Å²) < 4.78 is 41.7. The molecular weight excluding hydrogens is 395 g/mol. The predicted molar refractivity (Wildman–Crippen MR) is 104 cm³/mol. The van der Waals surface area contributed by atoms with Crippen LogP contribution < -0.4 is 5.32 Å². The van der Waals surface area contributed by atoms with E-state index in [2.05, 4.69) is 10.3 Å². The molecule has 1 aliphatic rings. The number of carbonyl (C=O) groups is 1. The Hall–Kier alpha value is -3.31. The highest BCUT2D eigenvalue weighted by Crippen LogP contribution is 2.48. The van der Waals surface area contributed by atoms with E-state index in [-0.39, 0.29) is 23.3 Å². The number of amides is 1. The molecule has 1 aromatic heterocycles. The van der Waals surface area contributed by atoms with Crippen molar-refractivity contribution in [2.24, 2.45) is 5.92 Å². The van der Waals surface area contributed by atoms with Gasteiger partial charge < -0.3 is 15.4 Å². The first-order valence-corrected chi connectivity index (χ1v) is 9.48. The minimum absolute atomic E-state index is 0.148. The summed E-state index contributed by atoms with van der Waals surface area (Å²) in [4.78, 5) is 15.3. The van der Waals surface area contributed by atoms with Crippen LogP contribution in [0.2, 0.25) is 0 Å². The molecule has 0 bridgehead atoms. The molecule has 0 saturated heterocycles. The third-order valence-corrected chi connectivity index (χ3v) is 5.57. The Morgan fingerprint density at radius 1 is 1.20 bits per heavy atom. The van der Waals surface area contributed by atoms with Crippen LogP contribution in [0.25, 0.3) is 22.2 Å². The first kappa shape index (κ1) is 20.0. The van der Waals surface area contributed by atoms with E-state index < -0.39 is 30.1 Å². The van der Waals surface area contributed by atoms with Crippen LogP contribution in [0.1, 0.15) is 24.3 Å². The van der Waals surface area contributed by atoms with E-state index in [0.29, 0.717) is 35.0 Å². The van der Waals surface area contributed by atoms with Gasteiger partial charge in [0.25, 0.3) is 0 Å². The molecule has 1 heterocycles. The van der Waals surface area contributed by atoms with E-state index in [4.69, 9.17) is 10.4 Å². The smallest absolute Gasteiger partial charge is 0.224 e. The normalized spacial score (nSPS) is 19.2. The van der Waals surface area contributed by atoms with Crippen molar-refractivity contribution < 1.29 is 23.1 Å². The largest absolute Gasteiger partial charge is 0.393 e. The molecule has 0 radical (unpaired) electrons. The number of aliphatic hydroxyl groups excluding tert-OH is 1. The molecule has 1 saturated carbocycles. The number of nitriles is 1. The van der Waals surface area contributed by atoms with Gasteiger partial charge in [0.2, 0.25) is 5.91 Å². The highest BCUT2D eigenvalue weighted by molar-refractivity contribution is 5.92. The minimum Gasteiger partial charge on any atom is -0.393 e. The fraction of sp³-hybridized carbons (Fsp3) is 0.273. The first-order valence-electron chi connectivity index (χ1n) is 9.48. The van der Waals surface area contributed by atoms with E-state index in [1.165, 1.54) is 18.2 Å². The summed E-state index contributed by atoms with van der Waals surface area (Å²) in [7, 11) is 0. The third kappa shape index (κ3) is 3.53. The number of nitrogens with zero attached hydrogens (tertiary/aromatic N) is 1. The van der Waals surface area contributed by atoms with Gasteiger partial charge in [-0.3, -0.25) is 4.79 Å². The SMILES string of the molecule is N#CC(CO)NC(=O)[C@H]1C[C@H](c2c(-c3ccc(F)cc3)[nH]c3c(F)cc(F)cc32)C1. The Bertz CT molecular complexity index is 1150. The lowest BCUT2D eigenvalue weighted by Gasteiger charge is -2.35. The number of carbonyl (C=O) groups excluding carboxylic acids is 1. The van der Waals surface area contributed by atoms with Crippen LogP contribution in [-0.4, -0.2) is 28.6 Å². The number of fused-ring (bicyclic) bond motifs is 1. The van der Waals surface area contributed by atoms with Gasteiger partial charge in [0, 0.05) is 17.4 Å². The summed E-state index contributed by atoms with van der Waals surface area (Å²) in [5, 5.41) is 20.8. The van der Waals surface area contributed by atoms with Gasteiger partial charge in [0.15, 0.2) is 0 Å². The molecule has 1 unspecified atom stereocenters. The maximum Gasteiger partial charge on any atom is 0.224 e. The lowest BCUT2D eigenvalue weighted by molar-refractivity contribution is -0.128. The van der Waals surface area contributed by atoms with Crippen molar-refractivity contribution in [1.82, 2.24) is 10.3 Å². The molecule has 3 aromatic rings. The summed E-state index contributed by atoms with van der Waals surface area (Å²) in [5.74, 6) is -2.71. The number of hydrogen-bond donors (Lipinski definition) is 3. The molecule has 154 valence electrons. The molecule has 1 aliphatic carbocycles. The number of aromatic amines is 1. The molecule has 1 atom stereocenters. The number of hydrogen-bond acceptors (Lipinski definition) is 3. The monoisotopic (exact) mass is 413 g/mol. The van der Waals surface area contributed by atoms with Gasteiger partial charge in [-0.05, 0) is 60.2 Å². The highest BCUT2D eigenvalue weighted by atomic mass is 19.1. The van der Waals surface area contributed by atoms with Crippen molar-refractivity contribution in [2.45, 2.75) is 24.8 Å². The average molecular weight is 413 g/mol. The number of H-pyrrole nitrogens is 1. The lowest BCUT2D eigenvalue weighted by Crippen LogP contribution is -2.43. The molecule has 4 rings (SSSR count). The van der Waals surface area contributed by atoms with Crippen LogP contribution in [-0.2, 0) is 4.79 Å². The Balaban J connectivity index is 1.68. The van der Waals surface area contributed by atoms with Gasteiger partial charge in [-0.2, -0.15) is 5.26 Å². The summed E-state index contributed by atoms with van der Waals surface area (Å²) >= 11 is 0. The van der Waals surface area contributed by atoms with Gasteiger partial charge in [-0.1, -0.05) is 0 Å². The van der Waals surface area contributed by atoms with Crippen LogP contribution in [0, 0.1) is 34.7 Å². The number of aliphatic hydroxyl groups is 1. The van der Waals surface area contributed by atoms with Crippen molar-refractivity contribution >= 4 is 16.8 Å². The van der Waals surface area contributed by atoms with Crippen LogP contribution in [0.4, 0.5) is 13.2 Å². The minimum atomic E-state index is -0.970. The quantitative estimate of drug-likeness (QED) is 0.595. The third-order valence-electron chi connectivity index (χ3n) is 5.57. The summed E-state index contributed by atoms with van der Waals surface area (Å²) in [5.41, 5.74) is 2.02. The van der Waals surface area contributed by atoms with Crippen LogP contribution in [0.15, 0.2) is 36.4 Å². The fourth-order valence-corrected chi connectivity index (χ4v) is 3.98. The van der Waals surface area contributed by atoms with Crippen LogP contribution in [0.5, 0.6) is 0 Å². The van der Waals surface area contributed by atoms with Gasteiger partial charge in [0.1, 0.15) is 23.5 Å². The molecule has 30 heavy (non-hydrogen) atoms. The van der Waals surface area contributed by atoms with Crippen molar-refractivity contribution in [3.05, 3.63) is 59.4 Å². The second-order valence-electron chi connectivity index (χ2n) is 7.47. The highest BCUT2D eigenvalue weighted by Gasteiger charge is 2.39. The Morgan fingerprint density at radius 3 is 2.53 bits per heavy atom. The Morgan fingerprint density at radius 2 is 1.90 bits per heavy atom. The molecule has 8 heteroatoms. The number of rotatable bonds is 5. The standard InChI is InChI=1S/C22H18F3N3O2/c23-14-3-1-11(2-4-14)20-19(17-7-15(24)8-18(25)21(17)28-20)12-5-13(6-12)22(30)27-16(9-26)10-29/h1-4,7-8,12-13,16,28-29H,5-6,10H2,(H,27,30)/t12-,13-,16?. The van der Waals surface area contributed by atoms with Crippen molar-refractivity contribution in [3.63, 3.8) is 0 Å². The van der Waals surface area contributed by atoms with E-state index in [9.17, 15) is 18.0 Å². The van der Waals surface area contributed by atoms with Gasteiger partial charge in [0.05, 0.1) is 23.9 Å². The topological polar surface area (TPSA) is 88.9 Å². The number of benzene rings is 2. The van der Waals surface area contributed by atoms with E-state index in [1.54, 1.807) is 18.2 Å². The molecule has 3 N–H and O–H groups in total. The molecule has 1 fully saturated rings. The zero-order valence-corrected chi connectivity index (χ0v) is 15.8. The molecule has 5 nitrogen and oxygen atoms in total. The predicted octanol–water partition coefficient (Wildman–Crippen LogP) is 3.75. The van der Waals surface area contributed by atoms with Crippen molar-refractivity contribution in [3.8, 4) is 17.3 Å². The van der Waals surface area contributed by atoms with Crippen molar-refractivity contribution in [2.75, 3.05) is 6.61 Å². The molecule has 0 aliphatic heterocycles. The molecule has 0 spiro atoms. The number of aromatic nitrogens is 1. The number of nitrogens with one attached hydrogen (secondary N) is 2. The van der Waals surface area contributed by atoms with Crippen LogP contribution in [0.3, 0.4) is 0 Å². The van der Waals surface area contributed by atoms with Gasteiger partial charge in [-0.15, -0.1) is 0 Å². The zero-order chi connectivity index (χ0) is 21.4. The Labute approximate surface area is 170 Å². The maximum atomic E-state index is 14.4. The van der Waals surface area contributed by atoms with E-state index in [0.717, 1.165) is 6.07 Å². The van der Waals surface area contributed by atoms with Crippen molar-refractivity contribution in [1.29, 1.82) is 5.26 Å².